The zero-order valence-electron chi connectivity index (χ0n) is 20.8. The molecule has 36 heavy (non-hydrogen) atoms. The number of aromatic amines is 1. The maximum Gasteiger partial charge on any atom is 0.328 e. The molecule has 2 aromatic heterocycles. The minimum Gasteiger partial charge on any atom is -0.497 e. The molecule has 9 nitrogen and oxygen atoms in total. The lowest BCUT2D eigenvalue weighted by molar-refractivity contribution is -0.121. The van der Waals surface area contributed by atoms with Crippen molar-refractivity contribution in [3.63, 3.8) is 0 Å². The number of carbonyl (C=O) groups excluding carboxylic acids is 1. The van der Waals surface area contributed by atoms with Crippen molar-refractivity contribution in [3.05, 3.63) is 56.5 Å². The number of nitrogens with zero attached hydrogens (tertiary/aromatic N) is 3. The number of hydrogen-bond acceptors (Lipinski definition) is 7. The fraction of sp³-hybridized carbons (Fsp3) is 0.500. The van der Waals surface area contributed by atoms with E-state index in [1.54, 1.807) is 18.6 Å². The zero-order valence-corrected chi connectivity index (χ0v) is 21.6. The van der Waals surface area contributed by atoms with Crippen LogP contribution in [0.2, 0.25) is 0 Å². The van der Waals surface area contributed by atoms with Crippen molar-refractivity contribution in [1.82, 2.24) is 19.8 Å². The van der Waals surface area contributed by atoms with Crippen LogP contribution in [-0.2, 0) is 11.3 Å². The van der Waals surface area contributed by atoms with Gasteiger partial charge in [0.25, 0.3) is 5.56 Å². The molecule has 1 aliphatic heterocycles. The van der Waals surface area contributed by atoms with Gasteiger partial charge in [0.2, 0.25) is 5.91 Å². The van der Waals surface area contributed by atoms with Crippen LogP contribution in [-0.4, -0.2) is 66.7 Å². The number of unbranched alkanes of at least 4 members (excludes halogenated alkanes) is 2. The SMILES string of the molecule is COc1ccc(N2CCN(CCCNC(=O)CCCCCn3c(=O)[nH]c4ccsc4c3=O)CC2)cc1. The molecule has 194 valence electrons. The summed E-state index contributed by atoms with van der Waals surface area (Å²) < 4.78 is 7.07. The number of methoxy groups -OCH3 is 1. The van der Waals surface area contributed by atoms with E-state index in [0.29, 0.717) is 36.1 Å². The van der Waals surface area contributed by atoms with Gasteiger partial charge in [-0.3, -0.25) is 19.1 Å². The van der Waals surface area contributed by atoms with Crippen molar-refractivity contribution in [2.24, 2.45) is 0 Å². The van der Waals surface area contributed by atoms with Gasteiger partial charge in [0.15, 0.2) is 0 Å². The van der Waals surface area contributed by atoms with Gasteiger partial charge in [0, 0.05) is 51.4 Å². The fourth-order valence-corrected chi connectivity index (χ4v) is 5.34. The highest BCUT2D eigenvalue weighted by molar-refractivity contribution is 7.17. The molecule has 1 aromatic carbocycles. The van der Waals surface area contributed by atoms with Gasteiger partial charge in [0.05, 0.1) is 12.6 Å². The van der Waals surface area contributed by atoms with Crippen LogP contribution in [0, 0.1) is 0 Å². The number of carbonyl (C=O) groups is 1. The molecule has 1 amide bonds. The van der Waals surface area contributed by atoms with Crippen LogP contribution in [0.5, 0.6) is 5.75 Å². The third-order valence-electron chi connectivity index (χ3n) is 6.66. The van der Waals surface area contributed by atoms with Crippen LogP contribution in [0.25, 0.3) is 10.2 Å². The first-order valence-corrected chi connectivity index (χ1v) is 13.5. The molecular formula is C26H35N5O4S. The minimum atomic E-state index is -0.370. The van der Waals surface area contributed by atoms with Crippen molar-refractivity contribution in [2.45, 2.75) is 38.6 Å². The largest absolute Gasteiger partial charge is 0.497 e. The Hall–Kier alpha value is -3.11. The monoisotopic (exact) mass is 513 g/mol. The molecule has 0 saturated carbocycles. The van der Waals surface area contributed by atoms with Crippen LogP contribution < -0.4 is 26.2 Å². The van der Waals surface area contributed by atoms with Crippen LogP contribution in [0.15, 0.2) is 45.3 Å². The number of fused-ring (bicyclic) bond motifs is 1. The Kier molecular flexibility index (Phi) is 9.18. The number of aromatic nitrogens is 2. The summed E-state index contributed by atoms with van der Waals surface area (Å²) in [5.74, 6) is 0.939. The average molecular weight is 514 g/mol. The number of H-pyrrole nitrogens is 1. The van der Waals surface area contributed by atoms with Gasteiger partial charge >= 0.3 is 5.69 Å². The molecule has 3 heterocycles. The number of amides is 1. The van der Waals surface area contributed by atoms with Crippen molar-refractivity contribution >= 4 is 33.1 Å². The highest BCUT2D eigenvalue weighted by Crippen LogP contribution is 2.20. The van der Waals surface area contributed by atoms with Gasteiger partial charge in [-0.1, -0.05) is 6.42 Å². The summed E-state index contributed by atoms with van der Waals surface area (Å²) in [5.41, 5.74) is 1.22. The number of hydrogen-bond donors (Lipinski definition) is 2. The molecular weight excluding hydrogens is 478 g/mol. The van der Waals surface area contributed by atoms with E-state index < -0.39 is 0 Å². The number of piperazine rings is 1. The standard InChI is InChI=1S/C26H35N5O4S/c1-35-21-9-7-20(8-10-21)30-17-15-29(16-18-30)13-5-12-27-23(32)6-3-2-4-14-31-25(33)24-22(11-19-36-24)28-26(31)34/h7-11,19H,2-6,12-18H2,1H3,(H,27,32)(H,28,34). The maximum absolute atomic E-state index is 12.4. The molecule has 0 bridgehead atoms. The second-order valence-electron chi connectivity index (χ2n) is 9.09. The van der Waals surface area contributed by atoms with Crippen LogP contribution in [0.1, 0.15) is 32.1 Å². The molecule has 0 atom stereocenters. The molecule has 0 spiro atoms. The maximum atomic E-state index is 12.4. The predicted octanol–water partition coefficient (Wildman–Crippen LogP) is 2.65. The minimum absolute atomic E-state index is 0.0642. The van der Waals surface area contributed by atoms with E-state index in [0.717, 1.165) is 57.7 Å². The van der Waals surface area contributed by atoms with Crippen molar-refractivity contribution in [2.75, 3.05) is 51.3 Å². The third kappa shape index (κ3) is 6.76. The van der Waals surface area contributed by atoms with Crippen molar-refractivity contribution < 1.29 is 9.53 Å². The highest BCUT2D eigenvalue weighted by Gasteiger charge is 2.17. The predicted molar refractivity (Wildman–Crippen MR) is 144 cm³/mol. The van der Waals surface area contributed by atoms with Gasteiger partial charge in [-0.15, -0.1) is 11.3 Å². The molecule has 2 N–H and O–H groups in total. The lowest BCUT2D eigenvalue weighted by atomic mass is 10.2. The van der Waals surface area contributed by atoms with Gasteiger partial charge in [-0.05, 0) is 61.5 Å². The second kappa shape index (κ2) is 12.7. The smallest absolute Gasteiger partial charge is 0.328 e. The Morgan fingerprint density at radius 1 is 1.00 bits per heavy atom. The van der Waals surface area contributed by atoms with E-state index in [4.69, 9.17) is 4.74 Å². The summed E-state index contributed by atoms with van der Waals surface area (Å²) in [4.78, 5) is 44.3. The number of thiophene rings is 1. The number of rotatable bonds is 12. The first kappa shape index (κ1) is 26.0. The summed E-state index contributed by atoms with van der Waals surface area (Å²) in [6.45, 7) is 6.07. The Morgan fingerprint density at radius 2 is 1.78 bits per heavy atom. The van der Waals surface area contributed by atoms with Crippen LogP contribution >= 0.6 is 11.3 Å². The Balaban J connectivity index is 1.05. The number of ether oxygens (including phenoxy) is 1. The summed E-state index contributed by atoms with van der Waals surface area (Å²) in [5, 5.41) is 4.82. The molecule has 0 aliphatic carbocycles. The quantitative estimate of drug-likeness (QED) is 0.361. The molecule has 0 radical (unpaired) electrons. The fourth-order valence-electron chi connectivity index (χ4n) is 4.55. The van der Waals surface area contributed by atoms with E-state index in [9.17, 15) is 14.4 Å². The van der Waals surface area contributed by atoms with Gasteiger partial charge in [0.1, 0.15) is 10.4 Å². The van der Waals surface area contributed by atoms with Gasteiger partial charge < -0.3 is 19.9 Å². The Labute approximate surface area is 214 Å². The molecule has 0 unspecified atom stereocenters. The average Bonchev–Trinajstić information content (AvgIpc) is 3.37. The first-order valence-electron chi connectivity index (χ1n) is 12.6. The summed E-state index contributed by atoms with van der Waals surface area (Å²) >= 11 is 1.34. The zero-order chi connectivity index (χ0) is 25.3. The van der Waals surface area contributed by atoms with E-state index >= 15 is 0 Å². The van der Waals surface area contributed by atoms with E-state index in [2.05, 4.69) is 32.2 Å². The molecule has 10 heteroatoms. The first-order chi connectivity index (χ1) is 17.5. The molecule has 1 fully saturated rings. The molecule has 1 saturated heterocycles. The van der Waals surface area contributed by atoms with Crippen molar-refractivity contribution in [3.8, 4) is 5.75 Å². The number of benzene rings is 1. The van der Waals surface area contributed by atoms with Crippen molar-refractivity contribution in [1.29, 1.82) is 0 Å². The third-order valence-corrected chi connectivity index (χ3v) is 7.56. The van der Waals surface area contributed by atoms with E-state index in [1.165, 1.54) is 21.6 Å². The molecule has 3 aromatic rings. The van der Waals surface area contributed by atoms with Gasteiger partial charge in [-0.25, -0.2) is 4.79 Å². The molecule has 4 rings (SSSR count). The summed E-state index contributed by atoms with van der Waals surface area (Å²) in [6, 6.07) is 9.95. The lowest BCUT2D eigenvalue weighted by Gasteiger charge is -2.36. The highest BCUT2D eigenvalue weighted by atomic mass is 32.1. The number of nitrogens with one attached hydrogen (secondary N) is 2. The topological polar surface area (TPSA) is 99.7 Å². The van der Waals surface area contributed by atoms with Gasteiger partial charge in [-0.2, -0.15) is 0 Å². The normalized spacial score (nSPS) is 14.3. The second-order valence-corrected chi connectivity index (χ2v) is 10.0. The van der Waals surface area contributed by atoms with E-state index in [1.807, 2.05) is 12.1 Å². The lowest BCUT2D eigenvalue weighted by Crippen LogP contribution is -2.47. The Morgan fingerprint density at radius 3 is 2.53 bits per heavy atom. The summed E-state index contributed by atoms with van der Waals surface area (Å²) in [7, 11) is 1.68. The summed E-state index contributed by atoms with van der Waals surface area (Å²) in [6.07, 6.45) is 3.63. The number of anilines is 1. The molecule has 1 aliphatic rings. The van der Waals surface area contributed by atoms with Crippen LogP contribution in [0.3, 0.4) is 0 Å². The van der Waals surface area contributed by atoms with E-state index in [-0.39, 0.29) is 17.2 Å². The Bertz CT molecular complexity index is 1240. The van der Waals surface area contributed by atoms with Crippen LogP contribution in [0.4, 0.5) is 5.69 Å².